The second-order valence-electron chi connectivity index (χ2n) is 7.27. The van der Waals surface area contributed by atoms with E-state index in [2.05, 4.69) is 10.3 Å². The molecule has 0 atom stereocenters. The van der Waals surface area contributed by atoms with Gasteiger partial charge in [-0.3, -0.25) is 9.59 Å². The molecule has 31 heavy (non-hydrogen) atoms. The van der Waals surface area contributed by atoms with Gasteiger partial charge in [0, 0.05) is 26.3 Å². The zero-order chi connectivity index (χ0) is 22.6. The molecule has 11 heteroatoms. The fourth-order valence-electron chi connectivity index (χ4n) is 3.30. The fraction of sp³-hybridized carbons (Fsp3) is 0.450. The molecule has 10 nitrogen and oxygen atoms in total. The standard InChI is InChI=1S/C20H26N4O6S/c1-14-21-19(12-23(14)2)31(27,28)24-10-8-15(9-11-24)20(26)30-13-18(25)22-16-6-4-5-7-17(16)29-3/h4-7,12,15H,8-11,13H2,1-3H3,(H,22,25). The Morgan fingerprint density at radius 3 is 2.52 bits per heavy atom. The molecule has 2 heterocycles. The number of benzene rings is 1. The first-order valence-corrected chi connectivity index (χ1v) is 11.3. The van der Waals surface area contributed by atoms with E-state index in [4.69, 9.17) is 9.47 Å². The Bertz CT molecular complexity index is 1040. The van der Waals surface area contributed by atoms with Crippen molar-refractivity contribution in [3.8, 4) is 5.75 Å². The number of amides is 1. The van der Waals surface area contributed by atoms with Crippen LogP contribution in [-0.2, 0) is 31.4 Å². The van der Waals surface area contributed by atoms with Crippen LogP contribution in [0.15, 0.2) is 35.5 Å². The molecule has 0 aliphatic carbocycles. The summed E-state index contributed by atoms with van der Waals surface area (Å²) in [6, 6.07) is 6.90. The number of carbonyl (C=O) groups is 2. The molecule has 0 unspecified atom stereocenters. The van der Waals surface area contributed by atoms with Crippen LogP contribution in [-0.4, -0.2) is 61.0 Å². The summed E-state index contributed by atoms with van der Waals surface area (Å²) in [6.07, 6.45) is 2.11. The van der Waals surface area contributed by atoms with Crippen LogP contribution in [0.2, 0.25) is 0 Å². The first-order valence-electron chi connectivity index (χ1n) is 9.82. The van der Waals surface area contributed by atoms with Crippen LogP contribution >= 0.6 is 0 Å². The van der Waals surface area contributed by atoms with Crippen molar-refractivity contribution in [2.75, 3.05) is 32.1 Å². The number of methoxy groups -OCH3 is 1. The molecule has 3 rings (SSSR count). The third kappa shape index (κ3) is 5.23. The van der Waals surface area contributed by atoms with Crippen LogP contribution in [0, 0.1) is 12.8 Å². The monoisotopic (exact) mass is 450 g/mol. The molecule has 1 aliphatic rings. The summed E-state index contributed by atoms with van der Waals surface area (Å²) in [7, 11) is -0.484. The quantitative estimate of drug-likeness (QED) is 0.632. The Morgan fingerprint density at radius 2 is 1.90 bits per heavy atom. The molecule has 1 fully saturated rings. The normalized spacial score (nSPS) is 15.5. The minimum atomic E-state index is -3.71. The van der Waals surface area contributed by atoms with E-state index >= 15 is 0 Å². The smallest absolute Gasteiger partial charge is 0.309 e. The number of rotatable bonds is 7. The van der Waals surface area contributed by atoms with Crippen molar-refractivity contribution in [3.63, 3.8) is 0 Å². The summed E-state index contributed by atoms with van der Waals surface area (Å²) in [5.74, 6) is -0.359. The summed E-state index contributed by atoms with van der Waals surface area (Å²) in [6.45, 7) is 1.67. The van der Waals surface area contributed by atoms with Gasteiger partial charge in [-0.15, -0.1) is 0 Å². The maximum atomic E-state index is 12.7. The molecular weight excluding hydrogens is 424 g/mol. The first kappa shape index (κ1) is 22.8. The largest absolute Gasteiger partial charge is 0.495 e. The first-order chi connectivity index (χ1) is 14.7. The number of aryl methyl sites for hydroxylation is 2. The Balaban J connectivity index is 1.49. The molecule has 168 valence electrons. The van der Waals surface area contributed by atoms with Gasteiger partial charge in [0.25, 0.3) is 15.9 Å². The van der Waals surface area contributed by atoms with E-state index in [-0.39, 0.29) is 18.1 Å². The van der Waals surface area contributed by atoms with Gasteiger partial charge in [-0.25, -0.2) is 13.4 Å². The number of nitrogens with zero attached hydrogens (tertiary/aromatic N) is 3. The van der Waals surface area contributed by atoms with Crippen LogP contribution in [0.5, 0.6) is 5.75 Å². The van der Waals surface area contributed by atoms with E-state index in [1.165, 1.54) is 17.6 Å². The van der Waals surface area contributed by atoms with Gasteiger partial charge >= 0.3 is 5.97 Å². The molecule has 0 saturated carbocycles. The number of esters is 1. The lowest BCUT2D eigenvalue weighted by Crippen LogP contribution is -2.41. The third-order valence-corrected chi connectivity index (χ3v) is 6.97. The highest BCUT2D eigenvalue weighted by Gasteiger charge is 2.34. The van der Waals surface area contributed by atoms with Gasteiger partial charge in [0.2, 0.25) is 0 Å². The molecule has 1 amide bonds. The third-order valence-electron chi connectivity index (χ3n) is 5.20. The number of nitrogens with one attached hydrogen (secondary N) is 1. The Kier molecular flexibility index (Phi) is 6.96. The predicted octanol–water partition coefficient (Wildman–Crippen LogP) is 1.32. The van der Waals surface area contributed by atoms with Gasteiger partial charge in [-0.05, 0) is 31.9 Å². The van der Waals surface area contributed by atoms with E-state index in [1.54, 1.807) is 42.8 Å². The van der Waals surface area contributed by atoms with Crippen molar-refractivity contribution in [3.05, 3.63) is 36.3 Å². The summed E-state index contributed by atoms with van der Waals surface area (Å²) < 4.78 is 38.8. The molecule has 1 aromatic carbocycles. The average molecular weight is 451 g/mol. The number of sulfonamides is 1. The molecule has 1 aromatic heterocycles. The van der Waals surface area contributed by atoms with Gasteiger partial charge in [0.1, 0.15) is 11.6 Å². The molecule has 1 saturated heterocycles. The predicted molar refractivity (Wildman–Crippen MR) is 112 cm³/mol. The second kappa shape index (κ2) is 9.48. The van der Waals surface area contributed by atoms with Crippen molar-refractivity contribution in [2.45, 2.75) is 24.8 Å². The van der Waals surface area contributed by atoms with Crippen LogP contribution in [0.25, 0.3) is 0 Å². The van der Waals surface area contributed by atoms with E-state index in [1.807, 2.05) is 0 Å². The van der Waals surface area contributed by atoms with Crippen molar-refractivity contribution >= 4 is 27.6 Å². The summed E-state index contributed by atoms with van der Waals surface area (Å²) in [5, 5.41) is 2.64. The number of anilines is 1. The van der Waals surface area contributed by atoms with Gasteiger partial charge in [0.05, 0.1) is 18.7 Å². The molecule has 0 bridgehead atoms. The van der Waals surface area contributed by atoms with Crippen LogP contribution < -0.4 is 10.1 Å². The SMILES string of the molecule is COc1ccccc1NC(=O)COC(=O)C1CCN(S(=O)(=O)c2cn(C)c(C)n2)CC1. The fourth-order valence-corrected chi connectivity index (χ4v) is 4.80. The molecule has 0 radical (unpaired) electrons. The number of piperidine rings is 1. The zero-order valence-corrected chi connectivity index (χ0v) is 18.5. The van der Waals surface area contributed by atoms with Crippen molar-refractivity contribution in [1.29, 1.82) is 0 Å². The van der Waals surface area contributed by atoms with Gasteiger partial charge in [0.15, 0.2) is 11.6 Å². The number of aromatic nitrogens is 2. The van der Waals surface area contributed by atoms with E-state index in [9.17, 15) is 18.0 Å². The minimum absolute atomic E-state index is 0.00142. The van der Waals surface area contributed by atoms with Crippen molar-refractivity contribution < 1.29 is 27.5 Å². The maximum absolute atomic E-state index is 12.7. The minimum Gasteiger partial charge on any atom is -0.495 e. The number of carbonyl (C=O) groups excluding carboxylic acids is 2. The number of imidazole rings is 1. The van der Waals surface area contributed by atoms with Gasteiger partial charge in [-0.1, -0.05) is 12.1 Å². The van der Waals surface area contributed by atoms with Gasteiger partial charge < -0.3 is 19.4 Å². The summed E-state index contributed by atoms with van der Waals surface area (Å²) >= 11 is 0. The summed E-state index contributed by atoms with van der Waals surface area (Å²) in [5.41, 5.74) is 0.481. The lowest BCUT2D eigenvalue weighted by molar-refractivity contribution is -0.152. The number of para-hydroxylation sites is 2. The lowest BCUT2D eigenvalue weighted by atomic mass is 9.98. The van der Waals surface area contributed by atoms with Crippen LogP contribution in [0.1, 0.15) is 18.7 Å². The van der Waals surface area contributed by atoms with Crippen molar-refractivity contribution in [1.82, 2.24) is 13.9 Å². The number of hydrogen-bond acceptors (Lipinski definition) is 7. The summed E-state index contributed by atoms with van der Waals surface area (Å²) in [4.78, 5) is 28.5. The highest BCUT2D eigenvalue weighted by molar-refractivity contribution is 7.89. The molecular formula is C20H26N4O6S. The van der Waals surface area contributed by atoms with E-state index < -0.39 is 34.4 Å². The number of hydrogen-bond donors (Lipinski definition) is 1. The maximum Gasteiger partial charge on any atom is 0.309 e. The number of ether oxygens (including phenoxy) is 2. The Labute approximate surface area is 181 Å². The van der Waals surface area contributed by atoms with E-state index in [0.717, 1.165) is 0 Å². The molecule has 2 aromatic rings. The molecule has 0 spiro atoms. The van der Waals surface area contributed by atoms with Crippen LogP contribution in [0.3, 0.4) is 0 Å². The Morgan fingerprint density at radius 1 is 1.23 bits per heavy atom. The second-order valence-corrected chi connectivity index (χ2v) is 9.16. The zero-order valence-electron chi connectivity index (χ0n) is 17.7. The molecule has 1 N–H and O–H groups in total. The lowest BCUT2D eigenvalue weighted by Gasteiger charge is -2.29. The topological polar surface area (TPSA) is 120 Å². The highest BCUT2D eigenvalue weighted by Crippen LogP contribution is 2.25. The molecule has 1 aliphatic heterocycles. The highest BCUT2D eigenvalue weighted by atomic mass is 32.2. The van der Waals surface area contributed by atoms with E-state index in [0.29, 0.717) is 30.1 Å². The Hall–Kier alpha value is -2.92. The van der Waals surface area contributed by atoms with Crippen LogP contribution in [0.4, 0.5) is 5.69 Å². The van der Waals surface area contributed by atoms with Crippen molar-refractivity contribution in [2.24, 2.45) is 13.0 Å². The van der Waals surface area contributed by atoms with Gasteiger partial charge in [-0.2, -0.15) is 4.31 Å². The average Bonchev–Trinajstić information content (AvgIpc) is 3.11.